The normalized spacial score (nSPS) is 28.7. The van der Waals surface area contributed by atoms with Gasteiger partial charge in [0, 0.05) is 41.5 Å². The average molecular weight is 728 g/mol. The van der Waals surface area contributed by atoms with Crippen LogP contribution in [-0.4, -0.2) is 117 Å². The summed E-state index contributed by atoms with van der Waals surface area (Å²) in [6.45, 7) is 5.21. The molecular formula is C32H41NO18. The maximum atomic E-state index is 12.5. The zero-order valence-electron chi connectivity index (χ0n) is 28.7. The number of nitrogens with two attached hydrogens (primary N) is 1. The summed E-state index contributed by atoms with van der Waals surface area (Å²) >= 11 is 0. The van der Waals surface area contributed by atoms with E-state index in [9.17, 15) is 33.6 Å². The van der Waals surface area contributed by atoms with Gasteiger partial charge in [0.05, 0.1) is 6.61 Å². The summed E-state index contributed by atoms with van der Waals surface area (Å²) in [6, 6.07) is 8.75. The summed E-state index contributed by atoms with van der Waals surface area (Å²) in [5.74, 6) is -5.01. The minimum atomic E-state index is -1.83. The summed E-state index contributed by atoms with van der Waals surface area (Å²) in [5, 5.41) is 0. The van der Waals surface area contributed by atoms with Crippen LogP contribution in [0.2, 0.25) is 0 Å². The van der Waals surface area contributed by atoms with Crippen molar-refractivity contribution < 1.29 is 85.7 Å². The number of hydrogen-bond donors (Lipinski definition) is 1. The molecule has 0 spiro atoms. The van der Waals surface area contributed by atoms with Gasteiger partial charge in [-0.15, -0.1) is 0 Å². The second-order valence-corrected chi connectivity index (χ2v) is 11.3. The van der Waals surface area contributed by atoms with Crippen molar-refractivity contribution in [3.63, 3.8) is 0 Å². The summed E-state index contributed by atoms with van der Waals surface area (Å²) in [7, 11) is 0. The molecule has 0 saturated carbocycles. The smallest absolute Gasteiger partial charge is 0.405 e. The Morgan fingerprint density at radius 3 is 1.43 bits per heavy atom. The minimum absolute atomic E-state index is 0.118. The van der Waals surface area contributed by atoms with Crippen molar-refractivity contribution in [1.29, 1.82) is 0 Å². The SMILES string of the molecule is CC(=O)OC[C@@H]1O[C@@H](O[C@@H]2[C@@H](OCc3ccccc3)O[C@@H](COC(C)=O)[C@@H](OC(C)=O)[C@@H]2OC(C)=O)[C@H](OC(C)=O)[C@H](OC(N)=O)[C@H]1OC(C)=O. The first kappa shape index (κ1) is 40.6. The number of hydrogen-bond acceptors (Lipinski definition) is 18. The molecule has 51 heavy (non-hydrogen) atoms. The number of benzene rings is 1. The number of primary amides is 1. The second kappa shape index (κ2) is 18.9. The molecule has 2 fully saturated rings. The van der Waals surface area contributed by atoms with E-state index >= 15 is 0 Å². The van der Waals surface area contributed by atoms with E-state index in [1.807, 2.05) is 0 Å². The van der Waals surface area contributed by atoms with E-state index in [2.05, 4.69) is 0 Å². The molecule has 0 unspecified atom stereocenters. The van der Waals surface area contributed by atoms with Crippen LogP contribution >= 0.6 is 0 Å². The third kappa shape index (κ3) is 12.5. The quantitative estimate of drug-likeness (QED) is 0.201. The molecule has 19 nitrogen and oxygen atoms in total. The Labute approximate surface area is 292 Å². The van der Waals surface area contributed by atoms with Crippen LogP contribution in [0.1, 0.15) is 47.1 Å². The van der Waals surface area contributed by atoms with Gasteiger partial charge in [0.25, 0.3) is 0 Å². The van der Waals surface area contributed by atoms with Crippen LogP contribution in [0.3, 0.4) is 0 Å². The molecular weight excluding hydrogens is 686 g/mol. The van der Waals surface area contributed by atoms with Gasteiger partial charge < -0.3 is 57.8 Å². The molecule has 2 heterocycles. The Kier molecular flexibility index (Phi) is 15.1. The van der Waals surface area contributed by atoms with Gasteiger partial charge in [-0.1, -0.05) is 30.3 Å². The first-order valence-electron chi connectivity index (χ1n) is 15.6. The zero-order valence-corrected chi connectivity index (χ0v) is 28.7. The zero-order chi connectivity index (χ0) is 37.8. The molecule has 1 aromatic carbocycles. The highest BCUT2D eigenvalue weighted by Crippen LogP contribution is 2.35. The first-order valence-corrected chi connectivity index (χ1v) is 15.6. The Hall–Kier alpha value is -4.85. The van der Waals surface area contributed by atoms with Crippen LogP contribution in [0.5, 0.6) is 0 Å². The lowest BCUT2D eigenvalue weighted by Gasteiger charge is -2.48. The molecule has 1 aromatic rings. The number of esters is 6. The van der Waals surface area contributed by atoms with Crippen molar-refractivity contribution in [1.82, 2.24) is 0 Å². The third-order valence-corrected chi connectivity index (χ3v) is 7.09. The van der Waals surface area contributed by atoms with Gasteiger partial charge >= 0.3 is 41.9 Å². The number of carbonyl (C=O) groups is 7. The van der Waals surface area contributed by atoms with E-state index in [-0.39, 0.29) is 6.61 Å². The average Bonchev–Trinajstić information content (AvgIpc) is 3.02. The van der Waals surface area contributed by atoms with E-state index in [0.717, 1.165) is 41.5 Å². The highest BCUT2D eigenvalue weighted by atomic mass is 16.8. The van der Waals surface area contributed by atoms with Gasteiger partial charge in [0.15, 0.2) is 49.2 Å². The molecule has 2 N–H and O–H groups in total. The summed E-state index contributed by atoms with van der Waals surface area (Å²) in [6.07, 6.45) is -17.2. The lowest BCUT2D eigenvalue weighted by Crippen LogP contribution is -2.67. The van der Waals surface area contributed by atoms with E-state index < -0.39 is 117 Å². The van der Waals surface area contributed by atoms with Crippen molar-refractivity contribution in [3.8, 4) is 0 Å². The second-order valence-electron chi connectivity index (χ2n) is 11.3. The van der Waals surface area contributed by atoms with Crippen LogP contribution < -0.4 is 5.73 Å². The van der Waals surface area contributed by atoms with Gasteiger partial charge in [0.1, 0.15) is 25.4 Å². The predicted octanol–water partition coefficient (Wildman–Crippen LogP) is 0.355. The van der Waals surface area contributed by atoms with Crippen molar-refractivity contribution in [2.75, 3.05) is 13.2 Å². The Bertz CT molecular complexity index is 1400. The van der Waals surface area contributed by atoms with Crippen molar-refractivity contribution >= 4 is 41.9 Å². The molecule has 2 aliphatic heterocycles. The Balaban J connectivity index is 2.16. The largest absolute Gasteiger partial charge is 0.463 e. The van der Waals surface area contributed by atoms with Crippen LogP contribution in [-0.2, 0) is 87.5 Å². The fraction of sp³-hybridized carbons (Fsp3) is 0.594. The van der Waals surface area contributed by atoms with E-state index in [4.69, 9.17) is 57.8 Å². The molecule has 3 rings (SSSR count). The van der Waals surface area contributed by atoms with Crippen LogP contribution in [0.25, 0.3) is 0 Å². The molecule has 2 aliphatic rings. The van der Waals surface area contributed by atoms with Crippen LogP contribution in [0, 0.1) is 0 Å². The number of amides is 1. The van der Waals surface area contributed by atoms with Crippen LogP contribution in [0.15, 0.2) is 30.3 Å². The highest BCUT2D eigenvalue weighted by molar-refractivity contribution is 5.69. The van der Waals surface area contributed by atoms with Gasteiger partial charge in [-0.3, -0.25) is 28.8 Å². The van der Waals surface area contributed by atoms with Gasteiger partial charge in [-0.2, -0.15) is 0 Å². The molecule has 0 bridgehead atoms. The van der Waals surface area contributed by atoms with Gasteiger partial charge in [0.2, 0.25) is 0 Å². The Morgan fingerprint density at radius 1 is 0.549 bits per heavy atom. The van der Waals surface area contributed by atoms with Crippen LogP contribution in [0.4, 0.5) is 4.79 Å². The van der Waals surface area contributed by atoms with E-state index in [1.54, 1.807) is 30.3 Å². The summed E-state index contributed by atoms with van der Waals surface area (Å²) in [4.78, 5) is 85.0. The maximum Gasteiger partial charge on any atom is 0.405 e. The number of carbonyl (C=O) groups excluding carboxylic acids is 7. The summed E-state index contributed by atoms with van der Waals surface area (Å²) < 4.78 is 62.0. The van der Waals surface area contributed by atoms with Crippen molar-refractivity contribution in [3.05, 3.63) is 35.9 Å². The molecule has 1 amide bonds. The third-order valence-electron chi connectivity index (χ3n) is 7.09. The molecule has 282 valence electrons. The first-order chi connectivity index (χ1) is 24.0. The monoisotopic (exact) mass is 727 g/mol. The topological polar surface area (TPSA) is 247 Å². The lowest BCUT2D eigenvalue weighted by molar-refractivity contribution is -0.369. The predicted molar refractivity (Wildman–Crippen MR) is 163 cm³/mol. The van der Waals surface area contributed by atoms with E-state index in [1.165, 1.54) is 0 Å². The Morgan fingerprint density at radius 2 is 0.980 bits per heavy atom. The van der Waals surface area contributed by atoms with Crippen molar-refractivity contribution in [2.45, 2.75) is 110 Å². The maximum absolute atomic E-state index is 12.5. The molecule has 19 heteroatoms. The number of ether oxygens (including phenoxy) is 11. The molecule has 10 atom stereocenters. The fourth-order valence-electron chi connectivity index (χ4n) is 5.30. The standard InChI is InChI=1S/C32H41NO18/c1-15(34)41-13-22-24(44-17(3)36)26(46-19(5)38)28(30(48-22)43-12-21-10-8-7-9-11-21)50-31-29(47-20(6)39)27(51-32(33)40)25(45-18(4)37)23(49-31)14-42-16(2)35/h7-11,22-31H,12-14H2,1-6H3,(H2,33,40)/t22-,23-,24+,25-,26-,27+,28-,29+,30-,31-/m0/s1. The van der Waals surface area contributed by atoms with E-state index in [0.29, 0.717) is 5.56 Å². The molecule has 0 aromatic heterocycles. The highest BCUT2D eigenvalue weighted by Gasteiger charge is 2.57. The van der Waals surface area contributed by atoms with Crippen molar-refractivity contribution in [2.24, 2.45) is 5.73 Å². The van der Waals surface area contributed by atoms with Gasteiger partial charge in [-0.25, -0.2) is 4.79 Å². The molecule has 0 radical (unpaired) electrons. The molecule has 0 aliphatic carbocycles. The molecule has 2 saturated heterocycles. The minimum Gasteiger partial charge on any atom is -0.463 e. The fourth-order valence-corrected chi connectivity index (χ4v) is 5.30. The van der Waals surface area contributed by atoms with Gasteiger partial charge in [-0.05, 0) is 5.56 Å². The summed E-state index contributed by atoms with van der Waals surface area (Å²) in [5.41, 5.74) is 6.00. The number of rotatable bonds is 14. The lowest BCUT2D eigenvalue weighted by atomic mass is 9.96.